The summed E-state index contributed by atoms with van der Waals surface area (Å²) in [5.74, 6) is 0.530. The van der Waals surface area contributed by atoms with Crippen LogP contribution in [0.25, 0.3) is 22.5 Å². The van der Waals surface area contributed by atoms with E-state index in [-0.39, 0.29) is 11.3 Å². The lowest BCUT2D eigenvalue weighted by atomic mass is 9.95. The lowest BCUT2D eigenvalue weighted by Crippen LogP contribution is -2.11. The number of nitrogens with zero attached hydrogens (tertiary/aromatic N) is 1. The Labute approximate surface area is 184 Å². The third-order valence-electron chi connectivity index (χ3n) is 4.91. The Morgan fingerprint density at radius 1 is 0.935 bits per heavy atom. The molecule has 4 rings (SSSR count). The molecule has 6 nitrogen and oxygen atoms in total. The zero-order valence-electron chi connectivity index (χ0n) is 16.3. The third-order valence-corrected chi connectivity index (χ3v) is 6.09. The molecule has 0 radical (unpaired) electrons. The number of benzene rings is 3. The summed E-state index contributed by atoms with van der Waals surface area (Å²) in [6, 6.07) is 22.6. The largest absolute Gasteiger partial charge is 0.388 e. The van der Waals surface area contributed by atoms with Gasteiger partial charge in [0.25, 0.3) is 0 Å². The Hall–Kier alpha value is -2.97. The Kier molecular flexibility index (Phi) is 5.93. The predicted molar refractivity (Wildman–Crippen MR) is 119 cm³/mol. The number of halogens is 1. The summed E-state index contributed by atoms with van der Waals surface area (Å²) in [4.78, 5) is 0.0108. The summed E-state index contributed by atoms with van der Waals surface area (Å²) in [5, 5.41) is 20.8. The Bertz CT molecular complexity index is 1290. The molecular formula is C23H19ClN2O4S. The zero-order valence-corrected chi connectivity index (χ0v) is 17.8. The van der Waals surface area contributed by atoms with Crippen LogP contribution in [0.2, 0.25) is 5.02 Å². The summed E-state index contributed by atoms with van der Waals surface area (Å²) < 4.78 is 28.9. The second kappa shape index (κ2) is 8.64. The average Bonchev–Trinajstić information content (AvgIpc) is 3.17. The minimum absolute atomic E-state index is 0.0108. The van der Waals surface area contributed by atoms with Crippen LogP contribution < -0.4 is 5.14 Å². The van der Waals surface area contributed by atoms with E-state index < -0.39 is 16.1 Å². The maximum Gasteiger partial charge on any atom is 0.238 e. The number of aliphatic hydroxyl groups is 1. The number of primary sulfonamides is 1. The summed E-state index contributed by atoms with van der Waals surface area (Å²) in [7, 11) is -3.81. The molecule has 0 aliphatic carbocycles. The molecule has 0 saturated heterocycles. The zero-order chi connectivity index (χ0) is 22.0. The van der Waals surface area contributed by atoms with Gasteiger partial charge in [0, 0.05) is 17.0 Å². The monoisotopic (exact) mass is 454 g/mol. The number of hydrogen-bond acceptors (Lipinski definition) is 5. The van der Waals surface area contributed by atoms with Gasteiger partial charge < -0.3 is 9.63 Å². The molecule has 1 aromatic heterocycles. The van der Waals surface area contributed by atoms with Gasteiger partial charge in [-0.1, -0.05) is 71.4 Å². The van der Waals surface area contributed by atoms with Crippen LogP contribution in [0.3, 0.4) is 0 Å². The summed E-state index contributed by atoms with van der Waals surface area (Å²) >= 11 is 5.94. The number of aliphatic hydroxyl groups excluding tert-OH is 1. The molecule has 3 aromatic carbocycles. The third kappa shape index (κ3) is 4.70. The fourth-order valence-corrected chi connectivity index (χ4v) is 3.99. The van der Waals surface area contributed by atoms with E-state index in [1.54, 1.807) is 36.4 Å². The molecule has 0 saturated carbocycles. The van der Waals surface area contributed by atoms with Crippen LogP contribution in [-0.2, 0) is 16.4 Å². The highest BCUT2D eigenvalue weighted by Gasteiger charge is 2.22. The van der Waals surface area contributed by atoms with Gasteiger partial charge in [-0.15, -0.1) is 0 Å². The molecule has 1 heterocycles. The maximum absolute atomic E-state index is 11.6. The maximum atomic E-state index is 11.6. The van der Waals surface area contributed by atoms with Crippen LogP contribution >= 0.6 is 11.6 Å². The van der Waals surface area contributed by atoms with Crippen molar-refractivity contribution in [3.63, 3.8) is 0 Å². The molecule has 0 fully saturated rings. The molecule has 3 N–H and O–H groups in total. The molecule has 4 aromatic rings. The van der Waals surface area contributed by atoms with E-state index in [0.717, 1.165) is 5.56 Å². The van der Waals surface area contributed by atoms with Crippen molar-refractivity contribution in [1.82, 2.24) is 5.16 Å². The highest BCUT2D eigenvalue weighted by Crippen LogP contribution is 2.37. The van der Waals surface area contributed by atoms with Crippen molar-refractivity contribution in [1.29, 1.82) is 0 Å². The smallest absolute Gasteiger partial charge is 0.238 e. The molecule has 1 unspecified atom stereocenters. The lowest BCUT2D eigenvalue weighted by Gasteiger charge is -2.11. The van der Waals surface area contributed by atoms with Gasteiger partial charge in [-0.05, 0) is 35.4 Å². The summed E-state index contributed by atoms with van der Waals surface area (Å²) in [6.45, 7) is 0. The molecule has 8 heteroatoms. The van der Waals surface area contributed by atoms with Gasteiger partial charge in [0.15, 0.2) is 5.76 Å². The second-order valence-corrected chi connectivity index (χ2v) is 9.04. The van der Waals surface area contributed by atoms with Crippen LogP contribution in [-0.4, -0.2) is 18.7 Å². The van der Waals surface area contributed by atoms with E-state index in [9.17, 15) is 13.5 Å². The first-order valence-electron chi connectivity index (χ1n) is 9.43. The molecule has 0 aliphatic rings. The van der Waals surface area contributed by atoms with E-state index in [1.165, 1.54) is 12.1 Å². The van der Waals surface area contributed by atoms with Gasteiger partial charge >= 0.3 is 0 Å². The lowest BCUT2D eigenvalue weighted by molar-refractivity contribution is 0.176. The van der Waals surface area contributed by atoms with Crippen molar-refractivity contribution in [2.24, 2.45) is 5.14 Å². The highest BCUT2D eigenvalue weighted by molar-refractivity contribution is 7.89. The van der Waals surface area contributed by atoms with Crippen LogP contribution in [0.15, 0.2) is 88.3 Å². The molecule has 31 heavy (non-hydrogen) atoms. The first-order valence-corrected chi connectivity index (χ1v) is 11.4. The first kappa shape index (κ1) is 21.3. The van der Waals surface area contributed by atoms with Gasteiger partial charge in [0.05, 0.1) is 22.3 Å². The van der Waals surface area contributed by atoms with Crippen molar-refractivity contribution in [3.8, 4) is 22.5 Å². The highest BCUT2D eigenvalue weighted by atomic mass is 35.5. The van der Waals surface area contributed by atoms with Gasteiger partial charge in [-0.3, -0.25) is 0 Å². The molecule has 0 bridgehead atoms. The van der Waals surface area contributed by atoms with Crippen LogP contribution in [0.1, 0.15) is 17.4 Å². The standard InChI is InChI=1S/C23H19ClN2O4S/c24-18-10-6-15(7-11-18)21(27)14-20-22(16-8-12-19(13-9-16)31(25,28)29)23(30-26-20)17-4-2-1-3-5-17/h1-13,21,27H,14H2,(H2,25,28,29). The Balaban J connectivity index is 1.77. The average molecular weight is 455 g/mol. The molecule has 0 spiro atoms. The normalized spacial score (nSPS) is 12.6. The van der Waals surface area contributed by atoms with Crippen LogP contribution in [0, 0.1) is 0 Å². The number of hydrogen-bond donors (Lipinski definition) is 2. The van der Waals surface area contributed by atoms with Gasteiger partial charge in [0.1, 0.15) is 0 Å². The van der Waals surface area contributed by atoms with E-state index in [2.05, 4.69) is 5.16 Å². The molecule has 0 amide bonds. The van der Waals surface area contributed by atoms with Gasteiger partial charge in [0.2, 0.25) is 10.0 Å². The summed E-state index contributed by atoms with van der Waals surface area (Å²) in [5.41, 5.74) is 3.44. The van der Waals surface area contributed by atoms with E-state index >= 15 is 0 Å². The fraction of sp³-hybridized carbons (Fsp3) is 0.0870. The molecule has 0 aliphatic heterocycles. The number of aromatic nitrogens is 1. The number of nitrogens with two attached hydrogens (primary N) is 1. The molecular weight excluding hydrogens is 436 g/mol. The summed E-state index contributed by atoms with van der Waals surface area (Å²) in [6.07, 6.45) is -0.627. The van der Waals surface area contributed by atoms with E-state index in [1.807, 2.05) is 30.3 Å². The van der Waals surface area contributed by atoms with Crippen molar-refractivity contribution in [3.05, 3.63) is 95.1 Å². The van der Waals surface area contributed by atoms with Crippen molar-refractivity contribution in [2.75, 3.05) is 0 Å². The fourth-order valence-electron chi connectivity index (χ4n) is 3.34. The Morgan fingerprint density at radius 3 is 2.19 bits per heavy atom. The van der Waals surface area contributed by atoms with E-state index in [0.29, 0.717) is 33.2 Å². The first-order chi connectivity index (χ1) is 14.8. The second-order valence-electron chi connectivity index (χ2n) is 7.04. The SMILES string of the molecule is NS(=O)(=O)c1ccc(-c2c(CC(O)c3ccc(Cl)cc3)noc2-c2ccccc2)cc1. The molecule has 1 atom stereocenters. The topological polar surface area (TPSA) is 106 Å². The molecule has 158 valence electrons. The predicted octanol–water partition coefficient (Wildman–Crippen LogP) is 4.59. The number of rotatable bonds is 6. The quantitative estimate of drug-likeness (QED) is 0.443. The minimum atomic E-state index is -3.81. The van der Waals surface area contributed by atoms with Crippen molar-refractivity contribution < 1.29 is 18.0 Å². The van der Waals surface area contributed by atoms with Crippen LogP contribution in [0.5, 0.6) is 0 Å². The van der Waals surface area contributed by atoms with Crippen molar-refractivity contribution >= 4 is 21.6 Å². The minimum Gasteiger partial charge on any atom is -0.388 e. The van der Waals surface area contributed by atoms with Gasteiger partial charge in [-0.25, -0.2) is 13.6 Å². The Morgan fingerprint density at radius 2 is 1.58 bits per heavy atom. The van der Waals surface area contributed by atoms with Crippen molar-refractivity contribution in [2.45, 2.75) is 17.4 Å². The van der Waals surface area contributed by atoms with E-state index in [4.69, 9.17) is 21.3 Å². The van der Waals surface area contributed by atoms with Crippen LogP contribution in [0.4, 0.5) is 0 Å². The van der Waals surface area contributed by atoms with Gasteiger partial charge in [-0.2, -0.15) is 0 Å². The number of sulfonamides is 1.